The summed E-state index contributed by atoms with van der Waals surface area (Å²) in [5.41, 5.74) is 1.55. The van der Waals surface area contributed by atoms with Crippen LogP contribution in [0.1, 0.15) is 34.2 Å². The van der Waals surface area contributed by atoms with Gasteiger partial charge in [-0.15, -0.1) is 0 Å². The summed E-state index contributed by atoms with van der Waals surface area (Å²) in [5, 5.41) is 9.74. The van der Waals surface area contributed by atoms with Crippen LogP contribution in [0, 0.1) is 13.8 Å². The molecule has 33 heavy (non-hydrogen) atoms. The lowest BCUT2D eigenvalue weighted by atomic mass is 10.1. The van der Waals surface area contributed by atoms with E-state index in [0.29, 0.717) is 11.4 Å². The Bertz CT molecular complexity index is 1190. The number of nitrogens with zero attached hydrogens (tertiary/aromatic N) is 2. The van der Waals surface area contributed by atoms with Crippen molar-refractivity contribution in [3.8, 4) is 0 Å². The quantitative estimate of drug-likeness (QED) is 0.507. The Balaban J connectivity index is 1.74. The van der Waals surface area contributed by atoms with Gasteiger partial charge in [0, 0.05) is 12.7 Å². The van der Waals surface area contributed by atoms with Gasteiger partial charge in [-0.1, -0.05) is 18.2 Å². The third kappa shape index (κ3) is 5.51. The monoisotopic (exact) mass is 460 g/mol. The smallest absolute Gasteiger partial charge is 0.416 e. The summed E-state index contributed by atoms with van der Waals surface area (Å²) in [7, 11) is 1.75. The van der Waals surface area contributed by atoms with E-state index in [1.807, 2.05) is 0 Å². The number of hydrogen-bond acceptors (Lipinski definition) is 5. The molecule has 7 nitrogen and oxygen atoms in total. The molecule has 0 saturated carbocycles. The van der Waals surface area contributed by atoms with E-state index in [0.717, 1.165) is 17.8 Å². The van der Waals surface area contributed by atoms with Crippen molar-refractivity contribution in [1.82, 2.24) is 9.78 Å². The highest BCUT2D eigenvalue weighted by molar-refractivity contribution is 6.00. The van der Waals surface area contributed by atoms with Gasteiger partial charge < -0.3 is 15.4 Å². The number of carbonyl (C=O) groups is 2. The fraction of sp³-hybridized carbons (Fsp3) is 0.261. The molecular weight excluding hydrogens is 437 g/mol. The third-order valence-electron chi connectivity index (χ3n) is 5.03. The number of hydrogen-bond donors (Lipinski definition) is 2. The number of ether oxygens (including phenoxy) is 1. The van der Waals surface area contributed by atoms with E-state index in [2.05, 4.69) is 15.7 Å². The first-order valence-corrected chi connectivity index (χ1v) is 10.0. The summed E-state index contributed by atoms with van der Waals surface area (Å²) in [6.45, 7) is 4.97. The lowest BCUT2D eigenvalue weighted by Gasteiger charge is -2.16. The van der Waals surface area contributed by atoms with Crippen molar-refractivity contribution in [2.75, 3.05) is 10.6 Å². The van der Waals surface area contributed by atoms with Crippen molar-refractivity contribution in [2.45, 2.75) is 33.1 Å². The molecule has 1 atom stereocenters. The number of esters is 1. The topological polar surface area (TPSA) is 85.2 Å². The maximum absolute atomic E-state index is 13.0. The van der Waals surface area contributed by atoms with Gasteiger partial charge in [-0.05, 0) is 51.1 Å². The number of benzene rings is 2. The van der Waals surface area contributed by atoms with Crippen molar-refractivity contribution in [3.63, 3.8) is 0 Å². The predicted molar refractivity (Wildman–Crippen MR) is 117 cm³/mol. The maximum atomic E-state index is 13.0. The van der Waals surface area contributed by atoms with Crippen LogP contribution in [0.5, 0.6) is 0 Å². The van der Waals surface area contributed by atoms with Gasteiger partial charge in [-0.2, -0.15) is 18.3 Å². The number of anilines is 3. The Morgan fingerprint density at radius 1 is 1.09 bits per heavy atom. The molecule has 1 heterocycles. The van der Waals surface area contributed by atoms with Crippen LogP contribution in [-0.4, -0.2) is 27.8 Å². The molecule has 3 aromatic rings. The number of nitrogens with one attached hydrogen (secondary N) is 2. The molecule has 174 valence electrons. The average Bonchev–Trinajstić information content (AvgIpc) is 2.99. The molecule has 0 aliphatic carbocycles. The molecule has 0 unspecified atom stereocenters. The highest BCUT2D eigenvalue weighted by atomic mass is 19.4. The largest absolute Gasteiger partial charge is 0.449 e. The summed E-state index contributed by atoms with van der Waals surface area (Å²) in [6, 6.07) is 10.8. The number of halogens is 3. The first-order chi connectivity index (χ1) is 15.5. The Morgan fingerprint density at radius 3 is 2.42 bits per heavy atom. The van der Waals surface area contributed by atoms with Crippen LogP contribution in [0.3, 0.4) is 0 Å². The minimum atomic E-state index is -4.50. The van der Waals surface area contributed by atoms with Crippen molar-refractivity contribution < 1.29 is 27.5 Å². The summed E-state index contributed by atoms with van der Waals surface area (Å²) >= 11 is 0. The van der Waals surface area contributed by atoms with Crippen LogP contribution in [0.15, 0.2) is 48.5 Å². The zero-order valence-electron chi connectivity index (χ0n) is 18.4. The molecule has 0 spiro atoms. The summed E-state index contributed by atoms with van der Waals surface area (Å²) in [6.07, 6.45) is -5.62. The van der Waals surface area contributed by atoms with E-state index in [9.17, 15) is 22.8 Å². The van der Waals surface area contributed by atoms with Crippen LogP contribution in [0.4, 0.5) is 30.2 Å². The van der Waals surface area contributed by atoms with Gasteiger partial charge in [0.25, 0.3) is 5.91 Å². The first-order valence-electron chi connectivity index (χ1n) is 10.0. The van der Waals surface area contributed by atoms with Gasteiger partial charge in [-0.25, -0.2) is 4.79 Å². The van der Waals surface area contributed by atoms with Gasteiger partial charge in [0.1, 0.15) is 0 Å². The van der Waals surface area contributed by atoms with Crippen LogP contribution in [-0.2, 0) is 22.8 Å². The highest BCUT2D eigenvalue weighted by Gasteiger charge is 2.30. The summed E-state index contributed by atoms with van der Waals surface area (Å²) in [4.78, 5) is 25.3. The Morgan fingerprint density at radius 2 is 1.79 bits per heavy atom. The molecule has 0 saturated heterocycles. The predicted octanol–water partition coefficient (Wildman–Crippen LogP) is 4.98. The SMILES string of the molecule is Cc1nn(C)c(C)c1NC(=O)[C@@H](C)OC(=O)c1ccccc1Nc1cccc(C(F)(F)F)c1. The molecular formula is C23H23F3N4O3. The van der Waals surface area contributed by atoms with E-state index in [1.165, 1.54) is 31.2 Å². The normalized spacial score (nSPS) is 12.2. The Kier molecular flexibility index (Phi) is 6.75. The van der Waals surface area contributed by atoms with Crippen LogP contribution >= 0.6 is 0 Å². The van der Waals surface area contributed by atoms with Gasteiger partial charge >= 0.3 is 12.1 Å². The number of para-hydroxylation sites is 1. The molecule has 1 aromatic heterocycles. The Hall–Kier alpha value is -3.82. The minimum Gasteiger partial charge on any atom is -0.449 e. The van der Waals surface area contributed by atoms with E-state index in [1.54, 1.807) is 37.7 Å². The molecule has 2 N–H and O–H groups in total. The molecule has 0 fully saturated rings. The van der Waals surface area contributed by atoms with E-state index in [4.69, 9.17) is 4.74 Å². The molecule has 3 rings (SSSR count). The third-order valence-corrected chi connectivity index (χ3v) is 5.03. The van der Waals surface area contributed by atoms with Crippen molar-refractivity contribution in [1.29, 1.82) is 0 Å². The Labute approximate surface area is 188 Å². The van der Waals surface area contributed by atoms with Crippen LogP contribution in [0.2, 0.25) is 0 Å². The van der Waals surface area contributed by atoms with Crippen LogP contribution < -0.4 is 10.6 Å². The van der Waals surface area contributed by atoms with E-state index >= 15 is 0 Å². The van der Waals surface area contributed by atoms with Crippen LogP contribution in [0.25, 0.3) is 0 Å². The number of carbonyl (C=O) groups excluding carboxylic acids is 2. The van der Waals surface area contributed by atoms with Gasteiger partial charge in [0.15, 0.2) is 6.10 Å². The standard InChI is InChI=1S/C23H23F3N4O3/c1-13-20(14(2)30(4)29-13)28-21(31)15(3)33-22(32)18-10-5-6-11-19(18)27-17-9-7-8-16(12-17)23(24,25)26/h5-12,15,27H,1-4H3,(H,28,31)/t15-/m1/s1. The maximum Gasteiger partial charge on any atom is 0.416 e. The molecule has 0 aliphatic heterocycles. The van der Waals surface area contributed by atoms with E-state index in [-0.39, 0.29) is 16.9 Å². The van der Waals surface area contributed by atoms with Crippen molar-refractivity contribution >= 4 is 28.9 Å². The van der Waals surface area contributed by atoms with Gasteiger partial charge in [0.05, 0.1) is 33.9 Å². The molecule has 1 amide bonds. The summed E-state index contributed by atoms with van der Waals surface area (Å²) < 4.78 is 45.9. The zero-order chi connectivity index (χ0) is 24.3. The fourth-order valence-corrected chi connectivity index (χ4v) is 3.16. The number of aromatic nitrogens is 2. The molecule has 10 heteroatoms. The average molecular weight is 460 g/mol. The second kappa shape index (κ2) is 9.35. The molecule has 0 radical (unpaired) electrons. The zero-order valence-corrected chi connectivity index (χ0v) is 18.4. The lowest BCUT2D eigenvalue weighted by molar-refractivity contribution is -0.137. The first kappa shape index (κ1) is 23.8. The number of aryl methyl sites for hydroxylation is 2. The number of alkyl halides is 3. The van der Waals surface area contributed by atoms with E-state index < -0.39 is 29.7 Å². The minimum absolute atomic E-state index is 0.0725. The summed E-state index contributed by atoms with van der Waals surface area (Å²) in [5.74, 6) is -1.33. The fourth-order valence-electron chi connectivity index (χ4n) is 3.16. The second-order valence-electron chi connectivity index (χ2n) is 7.46. The van der Waals surface area contributed by atoms with Gasteiger partial charge in [0.2, 0.25) is 0 Å². The number of amides is 1. The van der Waals surface area contributed by atoms with Crippen molar-refractivity contribution in [2.24, 2.45) is 7.05 Å². The highest BCUT2D eigenvalue weighted by Crippen LogP contribution is 2.32. The van der Waals surface area contributed by atoms with Gasteiger partial charge in [-0.3, -0.25) is 9.48 Å². The molecule has 0 aliphatic rings. The lowest BCUT2D eigenvalue weighted by Crippen LogP contribution is -2.30. The number of rotatable bonds is 6. The molecule has 0 bridgehead atoms. The van der Waals surface area contributed by atoms with Crippen molar-refractivity contribution in [3.05, 3.63) is 71.0 Å². The second-order valence-corrected chi connectivity index (χ2v) is 7.46. The molecule has 2 aromatic carbocycles.